The van der Waals surface area contributed by atoms with Gasteiger partial charge in [-0.2, -0.15) is 0 Å². The molecule has 0 aliphatic rings. The molecule has 0 bridgehead atoms. The van der Waals surface area contributed by atoms with Gasteiger partial charge in [0.05, 0.1) is 5.69 Å². The lowest BCUT2D eigenvalue weighted by Gasteiger charge is -2.26. The highest BCUT2D eigenvalue weighted by Crippen LogP contribution is 2.36. The van der Waals surface area contributed by atoms with Crippen molar-refractivity contribution in [3.63, 3.8) is 0 Å². The molecule has 2 aromatic heterocycles. The smallest absolute Gasteiger partial charge is 0.323 e. The lowest BCUT2D eigenvalue weighted by molar-refractivity contribution is -0.114. The Balaban J connectivity index is 1.33. The van der Waals surface area contributed by atoms with Crippen molar-refractivity contribution >= 4 is 45.7 Å². The monoisotopic (exact) mass is 610 g/mol. The van der Waals surface area contributed by atoms with Gasteiger partial charge in [0, 0.05) is 62.2 Å². The highest BCUT2D eigenvalue weighted by Gasteiger charge is 2.21. The van der Waals surface area contributed by atoms with Crippen molar-refractivity contribution in [2.75, 3.05) is 23.7 Å². The molecule has 0 saturated heterocycles. The number of aromatic nitrogens is 3. The molecule has 2 heterocycles. The van der Waals surface area contributed by atoms with Gasteiger partial charge in [0.15, 0.2) is 5.13 Å². The quantitative estimate of drug-likeness (QED) is 0.161. The summed E-state index contributed by atoms with van der Waals surface area (Å²) >= 11 is 7.76. The summed E-state index contributed by atoms with van der Waals surface area (Å²) in [5, 5.41) is 6.12. The highest BCUT2D eigenvalue weighted by molar-refractivity contribution is 7.20. The first-order chi connectivity index (χ1) is 21.0. The Labute approximate surface area is 259 Å². The number of amides is 3. The number of hydrogen-bond acceptors (Lipinski definition) is 6. The van der Waals surface area contributed by atoms with Crippen LogP contribution >= 0.6 is 22.9 Å². The SMILES string of the molecule is CC(=O)Nc1ccc(-c2nc(NC(=O)N(CCc3cnccn3)CCC(c3ccccc3)c3ccccc3)sc2Cl)cc1. The fraction of sp³-hybridized carbons (Fsp3) is 0.182. The fourth-order valence-corrected chi connectivity index (χ4v) is 5.90. The third-order valence-electron chi connectivity index (χ3n) is 6.91. The first kappa shape index (κ1) is 29.9. The number of rotatable bonds is 11. The molecule has 3 amide bonds. The number of thiazole rings is 1. The number of carbonyl (C=O) groups excluding carboxylic acids is 2. The molecule has 218 valence electrons. The second-order valence-corrected chi connectivity index (χ2v) is 11.5. The summed E-state index contributed by atoms with van der Waals surface area (Å²) in [6.07, 6.45) is 6.30. The van der Waals surface area contributed by atoms with E-state index in [-0.39, 0.29) is 17.9 Å². The van der Waals surface area contributed by atoms with Gasteiger partial charge in [-0.25, -0.2) is 9.78 Å². The minimum atomic E-state index is -0.262. The van der Waals surface area contributed by atoms with Gasteiger partial charge in [-0.1, -0.05) is 95.7 Å². The molecule has 5 aromatic rings. The van der Waals surface area contributed by atoms with Gasteiger partial charge in [-0.15, -0.1) is 0 Å². The van der Waals surface area contributed by atoms with Crippen LogP contribution in [0.3, 0.4) is 0 Å². The van der Waals surface area contributed by atoms with E-state index in [4.69, 9.17) is 11.6 Å². The highest BCUT2D eigenvalue weighted by atomic mass is 35.5. The fourth-order valence-electron chi connectivity index (χ4n) is 4.82. The molecule has 0 unspecified atom stereocenters. The van der Waals surface area contributed by atoms with Crippen molar-refractivity contribution in [2.45, 2.75) is 25.7 Å². The van der Waals surface area contributed by atoms with Gasteiger partial charge in [0.2, 0.25) is 5.91 Å². The second kappa shape index (κ2) is 14.5. The molecule has 0 spiro atoms. The van der Waals surface area contributed by atoms with Crippen LogP contribution in [0.2, 0.25) is 4.34 Å². The van der Waals surface area contributed by atoms with E-state index in [9.17, 15) is 9.59 Å². The molecule has 43 heavy (non-hydrogen) atoms. The summed E-state index contributed by atoms with van der Waals surface area (Å²) < 4.78 is 0.460. The molecular formula is C33H31ClN6O2S. The van der Waals surface area contributed by atoms with E-state index in [2.05, 4.69) is 49.9 Å². The zero-order valence-corrected chi connectivity index (χ0v) is 25.2. The third-order valence-corrected chi connectivity index (χ3v) is 8.08. The lowest BCUT2D eigenvalue weighted by atomic mass is 9.88. The summed E-state index contributed by atoms with van der Waals surface area (Å²) in [5.41, 5.74) is 5.23. The predicted molar refractivity (Wildman–Crippen MR) is 173 cm³/mol. The number of benzene rings is 3. The lowest BCUT2D eigenvalue weighted by Crippen LogP contribution is -2.38. The minimum Gasteiger partial charge on any atom is -0.326 e. The first-order valence-corrected chi connectivity index (χ1v) is 15.1. The molecule has 0 aliphatic carbocycles. The predicted octanol–water partition coefficient (Wildman–Crippen LogP) is 7.51. The number of nitrogens with one attached hydrogen (secondary N) is 2. The van der Waals surface area contributed by atoms with Crippen LogP contribution in [-0.4, -0.2) is 44.9 Å². The van der Waals surface area contributed by atoms with Gasteiger partial charge >= 0.3 is 6.03 Å². The van der Waals surface area contributed by atoms with Crippen LogP contribution in [-0.2, 0) is 11.2 Å². The standard InChI is InChI=1S/C33H31ClN6O2S/c1-23(41)37-27-14-12-26(13-15-27)30-31(34)43-32(38-30)39-33(42)40(20-16-28-22-35-18-19-36-28)21-17-29(24-8-4-2-5-9-24)25-10-6-3-7-11-25/h2-15,18-19,22,29H,16-17,20-21H2,1H3,(H,37,41)(H,38,39,42). The van der Waals surface area contributed by atoms with E-state index in [0.29, 0.717) is 40.4 Å². The van der Waals surface area contributed by atoms with Crippen LogP contribution in [0.15, 0.2) is 104 Å². The van der Waals surface area contributed by atoms with Crippen LogP contribution in [0.5, 0.6) is 0 Å². The van der Waals surface area contributed by atoms with Crippen molar-refractivity contribution in [1.82, 2.24) is 19.9 Å². The Bertz CT molecular complexity index is 1590. The van der Waals surface area contributed by atoms with Gasteiger partial charge in [0.1, 0.15) is 10.0 Å². The summed E-state index contributed by atoms with van der Waals surface area (Å²) in [5.74, 6) is -0.0252. The second-order valence-electron chi connectivity index (χ2n) is 9.93. The molecule has 3 aromatic carbocycles. The summed E-state index contributed by atoms with van der Waals surface area (Å²) in [6.45, 7) is 2.43. The van der Waals surface area contributed by atoms with Gasteiger partial charge in [-0.3, -0.25) is 20.1 Å². The van der Waals surface area contributed by atoms with Crippen molar-refractivity contribution < 1.29 is 9.59 Å². The maximum absolute atomic E-state index is 13.7. The molecule has 2 N–H and O–H groups in total. The van der Waals surface area contributed by atoms with E-state index in [0.717, 1.165) is 17.7 Å². The van der Waals surface area contributed by atoms with E-state index in [1.807, 2.05) is 48.5 Å². The van der Waals surface area contributed by atoms with E-state index < -0.39 is 0 Å². The Morgan fingerprint density at radius 3 is 2.16 bits per heavy atom. The number of halogens is 1. The van der Waals surface area contributed by atoms with Crippen LogP contribution < -0.4 is 10.6 Å². The number of carbonyl (C=O) groups is 2. The first-order valence-electron chi connectivity index (χ1n) is 13.9. The van der Waals surface area contributed by atoms with Crippen LogP contribution in [0.25, 0.3) is 11.3 Å². The Morgan fingerprint density at radius 1 is 0.884 bits per heavy atom. The van der Waals surface area contributed by atoms with Crippen LogP contribution in [0.1, 0.15) is 36.1 Å². The van der Waals surface area contributed by atoms with Crippen LogP contribution in [0, 0.1) is 0 Å². The molecular weight excluding hydrogens is 580 g/mol. The summed E-state index contributed by atoms with van der Waals surface area (Å²) in [4.78, 5) is 40.0. The summed E-state index contributed by atoms with van der Waals surface area (Å²) in [6, 6.07) is 27.7. The van der Waals surface area contributed by atoms with Gasteiger partial charge in [0.25, 0.3) is 0 Å². The number of nitrogens with zero attached hydrogens (tertiary/aromatic N) is 4. The Hall–Kier alpha value is -4.60. The third kappa shape index (κ3) is 8.24. The molecule has 10 heteroatoms. The van der Waals surface area contributed by atoms with Crippen LogP contribution in [0.4, 0.5) is 15.6 Å². The van der Waals surface area contributed by atoms with Crippen molar-refractivity contribution in [3.8, 4) is 11.3 Å². The van der Waals surface area contributed by atoms with Crippen molar-refractivity contribution in [3.05, 3.63) is 125 Å². The maximum Gasteiger partial charge on any atom is 0.323 e. The van der Waals surface area contributed by atoms with Gasteiger partial charge < -0.3 is 10.2 Å². The molecule has 0 saturated carbocycles. The Kier molecular flexibility index (Phi) is 10.1. The number of hydrogen-bond donors (Lipinski definition) is 2. The molecule has 0 aliphatic heterocycles. The number of urea groups is 1. The van der Waals surface area contributed by atoms with E-state index in [1.165, 1.54) is 29.4 Å². The minimum absolute atomic E-state index is 0.121. The topological polar surface area (TPSA) is 100 Å². The van der Waals surface area contributed by atoms with Crippen molar-refractivity contribution in [1.29, 1.82) is 0 Å². The Morgan fingerprint density at radius 2 is 1.56 bits per heavy atom. The summed E-state index contributed by atoms with van der Waals surface area (Å²) in [7, 11) is 0. The molecule has 0 fully saturated rings. The van der Waals surface area contributed by atoms with E-state index >= 15 is 0 Å². The molecule has 8 nitrogen and oxygen atoms in total. The normalized spacial score (nSPS) is 10.9. The van der Waals surface area contributed by atoms with E-state index in [1.54, 1.807) is 35.6 Å². The maximum atomic E-state index is 13.7. The van der Waals surface area contributed by atoms with Crippen molar-refractivity contribution in [2.24, 2.45) is 0 Å². The average Bonchev–Trinajstić information content (AvgIpc) is 3.39. The zero-order valence-electron chi connectivity index (χ0n) is 23.6. The molecule has 5 rings (SSSR count). The average molecular weight is 611 g/mol. The molecule has 0 radical (unpaired) electrons. The number of anilines is 2. The van der Waals surface area contributed by atoms with Gasteiger partial charge in [-0.05, 0) is 29.7 Å². The largest absolute Gasteiger partial charge is 0.326 e. The molecule has 0 atom stereocenters. The zero-order chi connectivity index (χ0) is 30.0.